The summed E-state index contributed by atoms with van der Waals surface area (Å²) in [6.07, 6.45) is 0. The van der Waals surface area contributed by atoms with Crippen molar-refractivity contribution in [2.45, 2.75) is 32.9 Å². The van der Waals surface area contributed by atoms with Crippen molar-refractivity contribution in [3.05, 3.63) is 35.6 Å². The van der Waals surface area contributed by atoms with Crippen molar-refractivity contribution in [2.24, 2.45) is 0 Å². The van der Waals surface area contributed by atoms with Crippen LogP contribution in [0.2, 0.25) is 0 Å². The SMILES string of the molecule is CCS(=O)(=O)CC(C)N[C@H](C)c1ccccc1F. The Balaban J connectivity index is 2.66. The molecule has 102 valence electrons. The highest BCUT2D eigenvalue weighted by Gasteiger charge is 2.17. The molecular formula is C13H20FNO2S. The van der Waals surface area contributed by atoms with E-state index in [2.05, 4.69) is 5.32 Å². The predicted molar refractivity (Wildman–Crippen MR) is 71.7 cm³/mol. The summed E-state index contributed by atoms with van der Waals surface area (Å²) in [6.45, 7) is 5.25. The van der Waals surface area contributed by atoms with Crippen molar-refractivity contribution < 1.29 is 12.8 Å². The van der Waals surface area contributed by atoms with Crippen molar-refractivity contribution in [1.29, 1.82) is 0 Å². The number of rotatable bonds is 6. The van der Waals surface area contributed by atoms with Gasteiger partial charge in [-0.25, -0.2) is 12.8 Å². The zero-order valence-electron chi connectivity index (χ0n) is 11.0. The molecule has 1 aromatic rings. The Bertz CT molecular complexity index is 488. The van der Waals surface area contributed by atoms with Gasteiger partial charge in [0.1, 0.15) is 5.82 Å². The number of sulfone groups is 1. The van der Waals surface area contributed by atoms with Gasteiger partial charge in [-0.3, -0.25) is 0 Å². The highest BCUT2D eigenvalue weighted by atomic mass is 32.2. The Labute approximate surface area is 108 Å². The molecule has 0 radical (unpaired) electrons. The molecule has 5 heteroatoms. The van der Waals surface area contributed by atoms with Crippen molar-refractivity contribution in [1.82, 2.24) is 5.32 Å². The minimum Gasteiger partial charge on any atom is -0.307 e. The number of hydrogen-bond donors (Lipinski definition) is 1. The van der Waals surface area contributed by atoms with Gasteiger partial charge in [-0.1, -0.05) is 25.1 Å². The molecule has 1 unspecified atom stereocenters. The first-order chi connectivity index (χ1) is 8.35. The molecule has 0 amide bonds. The van der Waals surface area contributed by atoms with E-state index >= 15 is 0 Å². The maximum Gasteiger partial charge on any atom is 0.151 e. The van der Waals surface area contributed by atoms with Gasteiger partial charge < -0.3 is 5.32 Å². The van der Waals surface area contributed by atoms with Gasteiger partial charge >= 0.3 is 0 Å². The molecule has 0 bridgehead atoms. The summed E-state index contributed by atoms with van der Waals surface area (Å²) >= 11 is 0. The maximum atomic E-state index is 13.5. The van der Waals surface area contributed by atoms with Gasteiger partial charge in [0.15, 0.2) is 9.84 Å². The molecule has 0 aliphatic rings. The first kappa shape index (κ1) is 15.1. The predicted octanol–water partition coefficient (Wildman–Crippen LogP) is 2.30. The molecule has 1 N–H and O–H groups in total. The smallest absolute Gasteiger partial charge is 0.151 e. The fourth-order valence-electron chi connectivity index (χ4n) is 1.89. The summed E-state index contributed by atoms with van der Waals surface area (Å²) in [5, 5.41) is 3.11. The molecule has 18 heavy (non-hydrogen) atoms. The van der Waals surface area contributed by atoms with Crippen molar-refractivity contribution >= 4 is 9.84 Å². The second-order valence-electron chi connectivity index (χ2n) is 4.51. The lowest BCUT2D eigenvalue weighted by molar-refractivity contribution is 0.480. The largest absolute Gasteiger partial charge is 0.307 e. The van der Waals surface area contributed by atoms with E-state index in [0.29, 0.717) is 5.56 Å². The number of benzene rings is 1. The van der Waals surface area contributed by atoms with Crippen LogP contribution in [0.15, 0.2) is 24.3 Å². The van der Waals surface area contributed by atoms with Crippen molar-refractivity contribution in [3.63, 3.8) is 0 Å². The van der Waals surface area contributed by atoms with Gasteiger partial charge in [-0.15, -0.1) is 0 Å². The second-order valence-corrected chi connectivity index (χ2v) is 6.91. The van der Waals surface area contributed by atoms with E-state index in [1.165, 1.54) is 6.07 Å². The average Bonchev–Trinajstić information content (AvgIpc) is 2.28. The molecular weight excluding hydrogens is 253 g/mol. The molecule has 1 aromatic carbocycles. The zero-order valence-corrected chi connectivity index (χ0v) is 11.8. The first-order valence-corrected chi connectivity index (χ1v) is 7.88. The molecule has 3 nitrogen and oxygen atoms in total. The van der Waals surface area contributed by atoms with Crippen LogP contribution in [0.5, 0.6) is 0 Å². The van der Waals surface area contributed by atoms with Crippen LogP contribution in [-0.2, 0) is 9.84 Å². The van der Waals surface area contributed by atoms with Crippen LogP contribution in [0.1, 0.15) is 32.4 Å². The third-order valence-electron chi connectivity index (χ3n) is 2.85. The van der Waals surface area contributed by atoms with E-state index in [9.17, 15) is 12.8 Å². The number of halogens is 1. The molecule has 0 saturated carbocycles. The zero-order chi connectivity index (χ0) is 13.8. The average molecular weight is 273 g/mol. The van der Waals surface area contributed by atoms with Crippen LogP contribution in [0.3, 0.4) is 0 Å². The van der Waals surface area contributed by atoms with E-state index in [4.69, 9.17) is 0 Å². The van der Waals surface area contributed by atoms with Gasteiger partial charge in [-0.2, -0.15) is 0 Å². The van der Waals surface area contributed by atoms with E-state index in [0.717, 1.165) is 0 Å². The third kappa shape index (κ3) is 4.38. The fourth-order valence-corrected chi connectivity index (χ4v) is 2.98. The highest BCUT2D eigenvalue weighted by molar-refractivity contribution is 7.91. The Kier molecular flexibility index (Phi) is 5.28. The molecule has 0 aliphatic heterocycles. The van der Waals surface area contributed by atoms with Crippen LogP contribution in [0.4, 0.5) is 4.39 Å². The third-order valence-corrected chi connectivity index (χ3v) is 4.74. The number of nitrogens with one attached hydrogen (secondary N) is 1. The van der Waals surface area contributed by atoms with Crippen LogP contribution >= 0.6 is 0 Å². The van der Waals surface area contributed by atoms with E-state index < -0.39 is 9.84 Å². The normalized spacial score (nSPS) is 15.3. The molecule has 0 saturated heterocycles. The second kappa shape index (κ2) is 6.29. The van der Waals surface area contributed by atoms with Gasteiger partial charge in [0, 0.05) is 23.4 Å². The summed E-state index contributed by atoms with van der Waals surface area (Å²) in [7, 11) is -3.01. The number of hydrogen-bond acceptors (Lipinski definition) is 3. The van der Waals surface area contributed by atoms with E-state index in [1.807, 2.05) is 6.92 Å². The molecule has 0 aliphatic carbocycles. The minimum atomic E-state index is -3.01. The minimum absolute atomic E-state index is 0.0717. The summed E-state index contributed by atoms with van der Waals surface area (Å²) in [5.41, 5.74) is 0.554. The first-order valence-electron chi connectivity index (χ1n) is 6.06. The summed E-state index contributed by atoms with van der Waals surface area (Å²) in [5.74, 6) is -0.0712. The Morgan fingerprint density at radius 2 is 1.89 bits per heavy atom. The highest BCUT2D eigenvalue weighted by Crippen LogP contribution is 2.16. The maximum absolute atomic E-state index is 13.5. The standard InChI is InChI=1S/C13H20FNO2S/c1-4-18(16,17)9-10(2)15-11(3)12-7-5-6-8-13(12)14/h5-8,10-11,15H,4,9H2,1-3H3/t10?,11-/m1/s1. The summed E-state index contributed by atoms with van der Waals surface area (Å²) < 4.78 is 36.5. The quantitative estimate of drug-likeness (QED) is 0.865. The monoisotopic (exact) mass is 273 g/mol. The van der Waals surface area contributed by atoms with Crippen LogP contribution < -0.4 is 5.32 Å². The molecule has 0 fully saturated rings. The molecule has 0 heterocycles. The lowest BCUT2D eigenvalue weighted by Gasteiger charge is -2.20. The Hall–Kier alpha value is -0.940. The fraction of sp³-hybridized carbons (Fsp3) is 0.538. The van der Waals surface area contributed by atoms with Gasteiger partial charge in [-0.05, 0) is 19.9 Å². The summed E-state index contributed by atoms with van der Waals surface area (Å²) in [4.78, 5) is 0. The van der Waals surface area contributed by atoms with Crippen molar-refractivity contribution in [2.75, 3.05) is 11.5 Å². The van der Waals surface area contributed by atoms with Gasteiger partial charge in [0.25, 0.3) is 0 Å². The lowest BCUT2D eigenvalue weighted by atomic mass is 10.1. The Morgan fingerprint density at radius 3 is 2.44 bits per heavy atom. The Morgan fingerprint density at radius 1 is 1.28 bits per heavy atom. The van der Waals surface area contributed by atoms with Crippen molar-refractivity contribution in [3.8, 4) is 0 Å². The van der Waals surface area contributed by atoms with Gasteiger partial charge in [0.05, 0.1) is 5.75 Å². The molecule has 0 aromatic heterocycles. The molecule has 2 atom stereocenters. The summed E-state index contributed by atoms with van der Waals surface area (Å²) in [6, 6.07) is 6.09. The van der Waals surface area contributed by atoms with Gasteiger partial charge in [0.2, 0.25) is 0 Å². The lowest BCUT2D eigenvalue weighted by Crippen LogP contribution is -2.35. The topological polar surface area (TPSA) is 46.2 Å². The van der Waals surface area contributed by atoms with Crippen LogP contribution in [0, 0.1) is 5.82 Å². The van der Waals surface area contributed by atoms with E-state index in [1.54, 1.807) is 32.0 Å². The molecule has 0 spiro atoms. The van der Waals surface area contributed by atoms with Crippen LogP contribution in [-0.4, -0.2) is 26.0 Å². The molecule has 1 rings (SSSR count). The van der Waals surface area contributed by atoms with Crippen LogP contribution in [0.25, 0.3) is 0 Å². The van der Waals surface area contributed by atoms with E-state index in [-0.39, 0.29) is 29.4 Å².